The van der Waals surface area contributed by atoms with E-state index in [9.17, 15) is 4.79 Å². The molecule has 0 aliphatic carbocycles. The number of aryl methyl sites for hydroxylation is 1. The molecule has 3 rings (SSSR count). The molecule has 1 atom stereocenters. The van der Waals surface area contributed by atoms with Crippen molar-refractivity contribution in [2.24, 2.45) is 0 Å². The number of rotatable bonds is 6. The molecule has 0 aliphatic heterocycles. The molecule has 25 heavy (non-hydrogen) atoms. The molecule has 5 nitrogen and oxygen atoms in total. The van der Waals surface area contributed by atoms with E-state index in [4.69, 9.17) is 0 Å². The number of likely N-dealkylation sites (N-methyl/N-ethyl adjacent to an activating group) is 1. The number of benzene rings is 1. The van der Waals surface area contributed by atoms with E-state index >= 15 is 0 Å². The highest BCUT2D eigenvalue weighted by Crippen LogP contribution is 2.21. The van der Waals surface area contributed by atoms with Gasteiger partial charge in [-0.15, -0.1) is 0 Å². The van der Waals surface area contributed by atoms with E-state index < -0.39 is 0 Å². The van der Waals surface area contributed by atoms with Crippen LogP contribution in [-0.4, -0.2) is 41.6 Å². The number of nitrogens with zero attached hydrogens (tertiary/aromatic N) is 2. The van der Waals surface area contributed by atoms with Crippen molar-refractivity contribution in [1.29, 1.82) is 0 Å². The van der Waals surface area contributed by atoms with Gasteiger partial charge < -0.3 is 10.2 Å². The topological polar surface area (TPSA) is 61.0 Å². The summed E-state index contributed by atoms with van der Waals surface area (Å²) in [6.07, 6.45) is 0. The number of thiophene rings is 1. The lowest BCUT2D eigenvalue weighted by Crippen LogP contribution is -2.34. The Kier molecular flexibility index (Phi) is 5.31. The van der Waals surface area contributed by atoms with Gasteiger partial charge in [0, 0.05) is 12.1 Å². The summed E-state index contributed by atoms with van der Waals surface area (Å²) in [5, 5.41) is 14.2. The van der Waals surface area contributed by atoms with Crippen LogP contribution < -0.4 is 5.32 Å². The summed E-state index contributed by atoms with van der Waals surface area (Å²) in [7, 11) is 4.03. The molecule has 0 saturated heterocycles. The van der Waals surface area contributed by atoms with Crippen molar-refractivity contribution < 1.29 is 4.79 Å². The summed E-state index contributed by atoms with van der Waals surface area (Å²) in [5.41, 5.74) is 4.64. The van der Waals surface area contributed by atoms with Crippen LogP contribution in [0.3, 0.4) is 0 Å². The molecule has 0 spiro atoms. The summed E-state index contributed by atoms with van der Waals surface area (Å²) in [6.45, 7) is 2.59. The molecule has 1 amide bonds. The van der Waals surface area contributed by atoms with Crippen molar-refractivity contribution in [3.63, 3.8) is 0 Å². The summed E-state index contributed by atoms with van der Waals surface area (Å²) in [5.74, 6) is -0.145. The Balaban J connectivity index is 1.66. The minimum absolute atomic E-state index is 0.145. The molecule has 3 aromatic rings. The Morgan fingerprint density at radius 1 is 1.28 bits per heavy atom. The summed E-state index contributed by atoms with van der Waals surface area (Å²) >= 11 is 1.66. The normalized spacial score (nSPS) is 12.3. The minimum atomic E-state index is -0.145. The van der Waals surface area contributed by atoms with E-state index in [1.807, 2.05) is 45.3 Å². The second kappa shape index (κ2) is 7.63. The largest absolute Gasteiger partial charge is 0.349 e. The molecule has 2 heterocycles. The smallest absolute Gasteiger partial charge is 0.269 e. The predicted molar refractivity (Wildman–Crippen MR) is 102 cm³/mol. The molecule has 0 aliphatic rings. The van der Waals surface area contributed by atoms with Crippen LogP contribution in [0.25, 0.3) is 11.3 Å². The van der Waals surface area contributed by atoms with Crippen molar-refractivity contribution in [3.05, 3.63) is 64.0 Å². The average molecular weight is 354 g/mol. The van der Waals surface area contributed by atoms with Gasteiger partial charge in [0.1, 0.15) is 5.69 Å². The second-order valence-corrected chi connectivity index (χ2v) is 7.06. The molecule has 0 fully saturated rings. The van der Waals surface area contributed by atoms with Crippen LogP contribution >= 0.6 is 11.3 Å². The molecule has 0 saturated carbocycles. The molecular weight excluding hydrogens is 332 g/mol. The summed E-state index contributed by atoms with van der Waals surface area (Å²) in [6, 6.07) is 12.1. The van der Waals surface area contributed by atoms with E-state index in [-0.39, 0.29) is 11.9 Å². The monoisotopic (exact) mass is 354 g/mol. The highest BCUT2D eigenvalue weighted by molar-refractivity contribution is 7.07. The third kappa shape index (κ3) is 4.15. The lowest BCUT2D eigenvalue weighted by atomic mass is 10.1. The fourth-order valence-electron chi connectivity index (χ4n) is 2.66. The van der Waals surface area contributed by atoms with Gasteiger partial charge in [0.05, 0.1) is 11.7 Å². The Hall–Kier alpha value is -2.44. The molecule has 130 valence electrons. The number of hydrogen-bond acceptors (Lipinski definition) is 4. The van der Waals surface area contributed by atoms with Crippen LogP contribution in [0, 0.1) is 6.92 Å². The van der Waals surface area contributed by atoms with Crippen LogP contribution in [0.2, 0.25) is 0 Å². The van der Waals surface area contributed by atoms with Crippen molar-refractivity contribution in [2.75, 3.05) is 20.6 Å². The van der Waals surface area contributed by atoms with Gasteiger partial charge in [0.15, 0.2) is 0 Å². The highest BCUT2D eigenvalue weighted by Gasteiger charge is 2.17. The lowest BCUT2D eigenvalue weighted by Gasteiger charge is -2.23. The maximum atomic E-state index is 12.4. The molecule has 1 aromatic carbocycles. The quantitative estimate of drug-likeness (QED) is 0.712. The number of H-pyrrole nitrogens is 1. The van der Waals surface area contributed by atoms with E-state index in [2.05, 4.69) is 37.2 Å². The Morgan fingerprint density at radius 3 is 2.68 bits per heavy atom. The van der Waals surface area contributed by atoms with Gasteiger partial charge >= 0.3 is 0 Å². The van der Waals surface area contributed by atoms with Crippen LogP contribution in [-0.2, 0) is 0 Å². The van der Waals surface area contributed by atoms with Gasteiger partial charge in [-0.3, -0.25) is 9.89 Å². The molecule has 2 aromatic heterocycles. The first-order valence-corrected chi connectivity index (χ1v) is 9.08. The van der Waals surface area contributed by atoms with E-state index in [1.165, 1.54) is 11.1 Å². The van der Waals surface area contributed by atoms with Crippen LogP contribution in [0.4, 0.5) is 0 Å². The van der Waals surface area contributed by atoms with Crippen LogP contribution in [0.5, 0.6) is 0 Å². The van der Waals surface area contributed by atoms with Gasteiger partial charge in [-0.1, -0.05) is 29.8 Å². The first-order chi connectivity index (χ1) is 12.0. The zero-order chi connectivity index (χ0) is 17.8. The molecule has 0 radical (unpaired) electrons. The van der Waals surface area contributed by atoms with Gasteiger partial charge in [-0.2, -0.15) is 16.4 Å². The minimum Gasteiger partial charge on any atom is -0.349 e. The molecular formula is C19H22N4OS. The summed E-state index contributed by atoms with van der Waals surface area (Å²) in [4.78, 5) is 14.5. The fourth-order valence-corrected chi connectivity index (χ4v) is 3.37. The van der Waals surface area contributed by atoms with Gasteiger partial charge in [0.2, 0.25) is 0 Å². The zero-order valence-electron chi connectivity index (χ0n) is 14.6. The third-order valence-corrected chi connectivity index (χ3v) is 4.88. The van der Waals surface area contributed by atoms with Gasteiger partial charge in [-0.05, 0) is 49.5 Å². The number of amides is 1. The van der Waals surface area contributed by atoms with Crippen molar-refractivity contribution in [3.8, 4) is 11.3 Å². The number of hydrogen-bond donors (Lipinski definition) is 2. The second-order valence-electron chi connectivity index (χ2n) is 6.28. The molecule has 0 unspecified atom stereocenters. The van der Waals surface area contributed by atoms with E-state index in [0.29, 0.717) is 12.2 Å². The number of nitrogens with one attached hydrogen (secondary N) is 2. The predicted octanol–water partition coefficient (Wildman–Crippen LogP) is 3.48. The SMILES string of the molecule is Cc1ccc(-c2cc(C(=O)NC[C@H](c3ccsc3)N(C)C)[nH]n2)cc1. The number of carbonyl (C=O) groups is 1. The van der Waals surface area contributed by atoms with E-state index in [1.54, 1.807) is 17.4 Å². The molecule has 6 heteroatoms. The maximum absolute atomic E-state index is 12.4. The first-order valence-electron chi connectivity index (χ1n) is 8.14. The van der Waals surface area contributed by atoms with E-state index in [0.717, 1.165) is 11.3 Å². The number of aromatic nitrogens is 2. The third-order valence-electron chi connectivity index (χ3n) is 4.18. The standard InChI is InChI=1S/C19H22N4OS/c1-13-4-6-14(7-5-13)16-10-17(22-21-16)19(24)20-11-18(23(2)3)15-8-9-25-12-15/h4-10,12,18H,11H2,1-3H3,(H,20,24)(H,21,22)/t18-/m1/s1. The Morgan fingerprint density at radius 2 is 2.04 bits per heavy atom. The Labute approximate surface area is 151 Å². The summed E-state index contributed by atoms with van der Waals surface area (Å²) < 4.78 is 0. The molecule has 0 bridgehead atoms. The average Bonchev–Trinajstić information content (AvgIpc) is 3.27. The van der Waals surface area contributed by atoms with Crippen molar-refractivity contribution in [1.82, 2.24) is 20.4 Å². The lowest BCUT2D eigenvalue weighted by molar-refractivity contribution is 0.0937. The first kappa shape index (κ1) is 17.4. The number of carbonyl (C=O) groups excluding carboxylic acids is 1. The van der Waals surface area contributed by atoms with Crippen molar-refractivity contribution >= 4 is 17.2 Å². The molecule has 2 N–H and O–H groups in total. The van der Waals surface area contributed by atoms with Crippen LogP contribution in [0.15, 0.2) is 47.2 Å². The zero-order valence-corrected chi connectivity index (χ0v) is 15.4. The van der Waals surface area contributed by atoms with Gasteiger partial charge in [-0.25, -0.2) is 0 Å². The maximum Gasteiger partial charge on any atom is 0.269 e. The van der Waals surface area contributed by atoms with Crippen molar-refractivity contribution in [2.45, 2.75) is 13.0 Å². The Bertz CT molecular complexity index is 821. The van der Waals surface area contributed by atoms with Gasteiger partial charge in [0.25, 0.3) is 5.91 Å². The number of aromatic amines is 1. The van der Waals surface area contributed by atoms with Crippen LogP contribution in [0.1, 0.15) is 27.7 Å². The highest BCUT2D eigenvalue weighted by atomic mass is 32.1. The fraction of sp³-hybridized carbons (Fsp3) is 0.263.